The highest BCUT2D eigenvalue weighted by Gasteiger charge is 2.05. The van der Waals surface area contributed by atoms with Gasteiger partial charge in [0, 0.05) is 25.6 Å². The van der Waals surface area contributed by atoms with Gasteiger partial charge in [-0.25, -0.2) is 0 Å². The van der Waals surface area contributed by atoms with Crippen LogP contribution in [0.25, 0.3) is 0 Å². The molecule has 1 rings (SSSR count). The van der Waals surface area contributed by atoms with Gasteiger partial charge in [-0.15, -0.1) is 0 Å². The van der Waals surface area contributed by atoms with E-state index in [-0.39, 0.29) is 0 Å². The lowest BCUT2D eigenvalue weighted by Gasteiger charge is -2.01. The van der Waals surface area contributed by atoms with Crippen LogP contribution in [-0.2, 0) is 24.7 Å². The monoisotopic (exact) mass is 222 g/mol. The van der Waals surface area contributed by atoms with Crippen LogP contribution in [0.5, 0.6) is 0 Å². The quantitative estimate of drug-likeness (QED) is 0.711. The fourth-order valence-corrected chi connectivity index (χ4v) is 1.85. The van der Waals surface area contributed by atoms with Crippen molar-refractivity contribution in [2.45, 2.75) is 52.4 Å². The van der Waals surface area contributed by atoms with Crippen LogP contribution < -0.4 is 0 Å². The van der Waals surface area contributed by atoms with Crippen LogP contribution >= 0.6 is 0 Å². The van der Waals surface area contributed by atoms with Gasteiger partial charge in [-0.3, -0.25) is 9.48 Å². The second-order valence-electron chi connectivity index (χ2n) is 4.25. The predicted octanol–water partition coefficient (Wildman–Crippen LogP) is 2.67. The molecule has 0 aromatic carbocycles. The van der Waals surface area contributed by atoms with E-state index in [1.807, 2.05) is 18.7 Å². The highest BCUT2D eigenvalue weighted by atomic mass is 16.1. The van der Waals surface area contributed by atoms with E-state index in [0.29, 0.717) is 12.2 Å². The molecule has 0 fully saturated rings. The molecular formula is C13H22N2O. The van der Waals surface area contributed by atoms with Gasteiger partial charge < -0.3 is 0 Å². The molecule has 0 amide bonds. The normalized spacial score (nSPS) is 10.7. The van der Waals surface area contributed by atoms with Crippen molar-refractivity contribution >= 4 is 5.78 Å². The van der Waals surface area contributed by atoms with E-state index >= 15 is 0 Å². The van der Waals surface area contributed by atoms with Crippen molar-refractivity contribution in [2.24, 2.45) is 7.05 Å². The minimum Gasteiger partial charge on any atom is -0.300 e. The largest absolute Gasteiger partial charge is 0.300 e. The Morgan fingerprint density at radius 1 is 1.38 bits per heavy atom. The molecule has 0 spiro atoms. The highest BCUT2D eigenvalue weighted by molar-refractivity contribution is 5.78. The van der Waals surface area contributed by atoms with Crippen LogP contribution in [0.2, 0.25) is 0 Å². The third kappa shape index (κ3) is 3.80. The fraction of sp³-hybridized carbons (Fsp3) is 0.692. The summed E-state index contributed by atoms with van der Waals surface area (Å²) in [6.45, 7) is 4.16. The molecule has 0 aliphatic heterocycles. The number of hydrogen-bond donors (Lipinski definition) is 0. The number of carbonyl (C=O) groups excluding carboxylic acids is 1. The average Bonchev–Trinajstić information content (AvgIpc) is 2.60. The lowest BCUT2D eigenvalue weighted by molar-refractivity contribution is -0.119. The van der Waals surface area contributed by atoms with Gasteiger partial charge in [0.15, 0.2) is 0 Å². The minimum absolute atomic E-state index is 0.389. The Morgan fingerprint density at radius 2 is 2.12 bits per heavy atom. The van der Waals surface area contributed by atoms with E-state index in [4.69, 9.17) is 0 Å². The second kappa shape index (κ2) is 6.46. The number of nitrogens with zero attached hydrogens (tertiary/aromatic N) is 2. The van der Waals surface area contributed by atoms with Gasteiger partial charge in [0.05, 0.1) is 5.69 Å². The molecule has 90 valence electrons. The van der Waals surface area contributed by atoms with Crippen LogP contribution in [0.15, 0.2) is 6.07 Å². The number of hydrogen-bond acceptors (Lipinski definition) is 2. The summed E-state index contributed by atoms with van der Waals surface area (Å²) in [5.41, 5.74) is 2.37. The highest BCUT2D eigenvalue weighted by Crippen LogP contribution is 2.09. The van der Waals surface area contributed by atoms with Crippen molar-refractivity contribution in [1.82, 2.24) is 9.78 Å². The third-order valence-corrected chi connectivity index (χ3v) is 2.81. The molecule has 3 heteroatoms. The number of aromatic nitrogens is 2. The molecular weight excluding hydrogens is 200 g/mol. The summed E-state index contributed by atoms with van der Waals surface area (Å²) in [4.78, 5) is 11.4. The van der Waals surface area contributed by atoms with Gasteiger partial charge in [0.25, 0.3) is 0 Å². The Labute approximate surface area is 97.8 Å². The number of Topliss-reactive ketones (excluding diaryl/α,β-unsaturated/α-hetero) is 1. The van der Waals surface area contributed by atoms with Crippen molar-refractivity contribution in [3.63, 3.8) is 0 Å². The van der Waals surface area contributed by atoms with Crippen molar-refractivity contribution in [1.29, 1.82) is 0 Å². The number of aryl methyl sites for hydroxylation is 3. The molecule has 0 radical (unpaired) electrons. The van der Waals surface area contributed by atoms with Crippen LogP contribution in [0.1, 0.15) is 50.9 Å². The summed E-state index contributed by atoms with van der Waals surface area (Å²) >= 11 is 0. The van der Waals surface area contributed by atoms with Gasteiger partial charge >= 0.3 is 0 Å². The van der Waals surface area contributed by atoms with E-state index < -0.39 is 0 Å². The van der Waals surface area contributed by atoms with Gasteiger partial charge in [0.1, 0.15) is 5.78 Å². The Morgan fingerprint density at radius 3 is 2.69 bits per heavy atom. The molecule has 0 saturated heterocycles. The first-order chi connectivity index (χ1) is 7.67. The van der Waals surface area contributed by atoms with Crippen molar-refractivity contribution in [2.75, 3.05) is 0 Å². The van der Waals surface area contributed by atoms with Crippen LogP contribution in [0.4, 0.5) is 0 Å². The first-order valence-electron chi connectivity index (χ1n) is 6.20. The van der Waals surface area contributed by atoms with E-state index in [9.17, 15) is 4.79 Å². The summed E-state index contributed by atoms with van der Waals surface area (Å²) in [6, 6.07) is 2.14. The number of ketones is 1. The number of carbonyl (C=O) groups is 1. The van der Waals surface area contributed by atoms with Crippen molar-refractivity contribution in [3.8, 4) is 0 Å². The summed E-state index contributed by atoms with van der Waals surface area (Å²) < 4.78 is 1.93. The molecule has 1 aromatic rings. The first-order valence-corrected chi connectivity index (χ1v) is 6.20. The average molecular weight is 222 g/mol. The topological polar surface area (TPSA) is 34.9 Å². The molecule has 0 atom stereocenters. The van der Waals surface area contributed by atoms with Crippen molar-refractivity contribution in [3.05, 3.63) is 17.5 Å². The van der Waals surface area contributed by atoms with E-state index in [1.165, 1.54) is 5.69 Å². The lowest BCUT2D eigenvalue weighted by atomic mass is 10.1. The molecule has 0 saturated carbocycles. The summed E-state index contributed by atoms with van der Waals surface area (Å²) in [5, 5.41) is 4.39. The zero-order valence-electron chi connectivity index (χ0n) is 10.6. The molecule has 0 unspecified atom stereocenters. The molecule has 0 N–H and O–H groups in total. The third-order valence-electron chi connectivity index (χ3n) is 2.81. The molecule has 1 aromatic heterocycles. The first kappa shape index (κ1) is 12.9. The Balaban J connectivity index is 2.36. The second-order valence-corrected chi connectivity index (χ2v) is 4.25. The molecule has 0 aliphatic carbocycles. The van der Waals surface area contributed by atoms with Crippen molar-refractivity contribution < 1.29 is 4.79 Å². The van der Waals surface area contributed by atoms with Gasteiger partial charge in [0.2, 0.25) is 0 Å². The van der Waals surface area contributed by atoms with Gasteiger partial charge in [-0.05, 0) is 31.7 Å². The molecule has 3 nitrogen and oxygen atoms in total. The van der Waals surface area contributed by atoms with Gasteiger partial charge in [-0.2, -0.15) is 5.10 Å². The maximum Gasteiger partial charge on any atom is 0.132 e. The minimum atomic E-state index is 0.389. The molecule has 16 heavy (non-hydrogen) atoms. The molecule has 1 heterocycles. The maximum absolute atomic E-state index is 11.4. The molecule has 0 bridgehead atoms. The maximum atomic E-state index is 11.4. The van der Waals surface area contributed by atoms with Gasteiger partial charge in [-0.1, -0.05) is 13.8 Å². The van der Waals surface area contributed by atoms with E-state index in [2.05, 4.69) is 18.1 Å². The smallest absolute Gasteiger partial charge is 0.132 e. The fourth-order valence-electron chi connectivity index (χ4n) is 1.85. The standard InChI is InChI=1S/C13H22N2O/c1-4-7-13(16)9-6-8-12-10-11(5-2)14-15(12)3/h10H,4-9H2,1-3H3. The zero-order chi connectivity index (χ0) is 12.0. The van der Waals surface area contributed by atoms with E-state index in [1.54, 1.807) is 0 Å². The summed E-state index contributed by atoms with van der Waals surface area (Å²) in [7, 11) is 1.97. The zero-order valence-corrected chi connectivity index (χ0v) is 10.6. The number of rotatable bonds is 7. The summed E-state index contributed by atoms with van der Waals surface area (Å²) in [6.07, 6.45) is 5.28. The Hall–Kier alpha value is -1.12. The van der Waals surface area contributed by atoms with Crippen LogP contribution in [0, 0.1) is 0 Å². The van der Waals surface area contributed by atoms with Crippen LogP contribution in [-0.4, -0.2) is 15.6 Å². The van der Waals surface area contributed by atoms with E-state index in [0.717, 1.165) is 37.8 Å². The Bertz CT molecular complexity index is 342. The predicted molar refractivity (Wildman–Crippen MR) is 65.4 cm³/mol. The van der Waals surface area contributed by atoms with Crippen LogP contribution in [0.3, 0.4) is 0 Å². The Kier molecular flexibility index (Phi) is 5.23. The lowest BCUT2D eigenvalue weighted by Crippen LogP contribution is -2.01. The SMILES string of the molecule is CCCC(=O)CCCc1cc(CC)nn1C. The summed E-state index contributed by atoms with van der Waals surface area (Å²) in [5.74, 6) is 0.389. The molecule has 0 aliphatic rings.